The number of rotatable bonds is 3. The Morgan fingerprint density at radius 3 is 2.44 bits per heavy atom. The number of benzene rings is 1. The van der Waals surface area contributed by atoms with Gasteiger partial charge in [-0.3, -0.25) is 4.90 Å². The summed E-state index contributed by atoms with van der Waals surface area (Å²) in [5.74, 6) is 0. The molecule has 1 heterocycles. The van der Waals surface area contributed by atoms with Crippen LogP contribution < -0.4 is 10.6 Å². The van der Waals surface area contributed by atoms with Crippen LogP contribution in [0.1, 0.15) is 18.4 Å². The molecule has 0 radical (unpaired) electrons. The third-order valence-corrected chi connectivity index (χ3v) is 4.27. The van der Waals surface area contributed by atoms with Crippen molar-refractivity contribution in [2.45, 2.75) is 25.4 Å². The van der Waals surface area contributed by atoms with E-state index in [0.29, 0.717) is 6.54 Å². The number of nitrogens with two attached hydrogens (primary N) is 1. The average molecular weight is 266 g/mol. The highest BCUT2D eigenvalue weighted by Gasteiger charge is 2.31. The third kappa shape index (κ3) is 2.48. The fraction of sp³-hybridized carbons (Fsp3) is 0.571. The molecular formula is C14H20ClN3. The second-order valence-electron chi connectivity index (χ2n) is 5.24. The van der Waals surface area contributed by atoms with Gasteiger partial charge in [0, 0.05) is 38.8 Å². The highest BCUT2D eigenvalue weighted by Crippen LogP contribution is 2.31. The van der Waals surface area contributed by atoms with Crippen LogP contribution in [0.4, 0.5) is 5.69 Å². The SMILES string of the molecule is NCc1ccc(N2CCN(C3CC3)CC2)c(Cl)c1. The molecule has 0 bridgehead atoms. The molecule has 18 heavy (non-hydrogen) atoms. The Bertz CT molecular complexity index is 423. The van der Waals surface area contributed by atoms with Crippen LogP contribution in [0.25, 0.3) is 0 Å². The zero-order chi connectivity index (χ0) is 12.5. The third-order valence-electron chi connectivity index (χ3n) is 3.97. The van der Waals surface area contributed by atoms with E-state index < -0.39 is 0 Å². The first kappa shape index (κ1) is 12.3. The molecule has 98 valence electrons. The Morgan fingerprint density at radius 2 is 1.89 bits per heavy atom. The van der Waals surface area contributed by atoms with Crippen molar-refractivity contribution in [3.63, 3.8) is 0 Å². The fourth-order valence-corrected chi connectivity index (χ4v) is 3.02. The molecule has 2 N–H and O–H groups in total. The van der Waals surface area contributed by atoms with Gasteiger partial charge in [-0.15, -0.1) is 0 Å². The number of halogens is 1. The highest BCUT2D eigenvalue weighted by atomic mass is 35.5. The van der Waals surface area contributed by atoms with Crippen LogP contribution in [-0.4, -0.2) is 37.1 Å². The number of nitrogens with zero attached hydrogens (tertiary/aromatic N) is 2. The zero-order valence-electron chi connectivity index (χ0n) is 10.6. The Hall–Kier alpha value is -0.770. The summed E-state index contributed by atoms with van der Waals surface area (Å²) in [5.41, 5.74) is 7.88. The second kappa shape index (κ2) is 5.08. The van der Waals surface area contributed by atoms with E-state index >= 15 is 0 Å². The van der Waals surface area contributed by atoms with Crippen molar-refractivity contribution in [1.29, 1.82) is 0 Å². The van der Waals surface area contributed by atoms with Crippen molar-refractivity contribution in [1.82, 2.24) is 4.90 Å². The molecule has 1 aromatic rings. The lowest BCUT2D eigenvalue weighted by Gasteiger charge is -2.36. The summed E-state index contributed by atoms with van der Waals surface area (Å²) in [6.07, 6.45) is 2.79. The summed E-state index contributed by atoms with van der Waals surface area (Å²) < 4.78 is 0. The van der Waals surface area contributed by atoms with Gasteiger partial charge in [0.05, 0.1) is 10.7 Å². The largest absolute Gasteiger partial charge is 0.368 e. The summed E-state index contributed by atoms with van der Waals surface area (Å²) in [6, 6.07) is 7.05. The number of anilines is 1. The van der Waals surface area contributed by atoms with Crippen molar-refractivity contribution >= 4 is 17.3 Å². The first-order valence-corrected chi connectivity index (χ1v) is 7.13. The molecule has 1 aromatic carbocycles. The Labute approximate surface area is 114 Å². The molecule has 2 fully saturated rings. The Balaban J connectivity index is 1.68. The summed E-state index contributed by atoms with van der Waals surface area (Å²) in [4.78, 5) is 5.00. The smallest absolute Gasteiger partial charge is 0.0642 e. The van der Waals surface area contributed by atoms with Crippen LogP contribution in [0.15, 0.2) is 18.2 Å². The molecular weight excluding hydrogens is 246 g/mol. The van der Waals surface area contributed by atoms with Gasteiger partial charge in [-0.05, 0) is 30.5 Å². The number of hydrogen-bond donors (Lipinski definition) is 1. The van der Waals surface area contributed by atoms with Crippen molar-refractivity contribution in [2.24, 2.45) is 5.73 Å². The molecule has 3 rings (SSSR count). The molecule has 1 aliphatic heterocycles. The van der Waals surface area contributed by atoms with Gasteiger partial charge in [-0.1, -0.05) is 17.7 Å². The van der Waals surface area contributed by atoms with E-state index in [1.165, 1.54) is 25.9 Å². The Morgan fingerprint density at radius 1 is 1.17 bits per heavy atom. The van der Waals surface area contributed by atoms with Gasteiger partial charge in [0.1, 0.15) is 0 Å². The second-order valence-corrected chi connectivity index (χ2v) is 5.65. The average Bonchev–Trinajstić information content (AvgIpc) is 3.23. The number of piperazine rings is 1. The van der Waals surface area contributed by atoms with Crippen LogP contribution in [0.3, 0.4) is 0 Å². The van der Waals surface area contributed by atoms with Crippen LogP contribution in [-0.2, 0) is 6.54 Å². The van der Waals surface area contributed by atoms with Gasteiger partial charge < -0.3 is 10.6 Å². The van der Waals surface area contributed by atoms with Gasteiger partial charge in [0.2, 0.25) is 0 Å². The van der Waals surface area contributed by atoms with Crippen molar-refractivity contribution < 1.29 is 0 Å². The van der Waals surface area contributed by atoms with E-state index in [1.807, 2.05) is 6.07 Å². The van der Waals surface area contributed by atoms with Crippen LogP contribution in [0.5, 0.6) is 0 Å². The van der Waals surface area contributed by atoms with Gasteiger partial charge in [0.25, 0.3) is 0 Å². The van der Waals surface area contributed by atoms with E-state index in [-0.39, 0.29) is 0 Å². The van der Waals surface area contributed by atoms with Crippen molar-refractivity contribution in [3.05, 3.63) is 28.8 Å². The van der Waals surface area contributed by atoms with E-state index in [0.717, 1.165) is 35.4 Å². The molecule has 2 aliphatic rings. The first-order valence-electron chi connectivity index (χ1n) is 6.75. The van der Waals surface area contributed by atoms with Gasteiger partial charge >= 0.3 is 0 Å². The predicted octanol–water partition coefficient (Wildman–Crippen LogP) is 2.08. The van der Waals surface area contributed by atoms with Crippen LogP contribution in [0, 0.1) is 0 Å². The van der Waals surface area contributed by atoms with Gasteiger partial charge in [-0.25, -0.2) is 0 Å². The quantitative estimate of drug-likeness (QED) is 0.908. The fourth-order valence-electron chi connectivity index (χ4n) is 2.70. The monoisotopic (exact) mass is 265 g/mol. The molecule has 0 aromatic heterocycles. The molecule has 1 aliphatic carbocycles. The summed E-state index contributed by atoms with van der Waals surface area (Å²) in [6.45, 7) is 5.05. The molecule has 4 heteroatoms. The van der Waals surface area contributed by atoms with Crippen molar-refractivity contribution in [2.75, 3.05) is 31.1 Å². The van der Waals surface area contributed by atoms with E-state index in [1.54, 1.807) is 0 Å². The highest BCUT2D eigenvalue weighted by molar-refractivity contribution is 6.33. The maximum absolute atomic E-state index is 6.34. The minimum atomic E-state index is 0.551. The standard InChI is InChI=1S/C14H20ClN3/c15-13-9-11(10-16)1-4-14(13)18-7-5-17(6-8-18)12-2-3-12/h1,4,9,12H,2-3,5-8,10,16H2. The minimum Gasteiger partial charge on any atom is -0.368 e. The normalized spacial score (nSPS) is 21.3. The molecule has 1 saturated heterocycles. The molecule has 0 spiro atoms. The van der Waals surface area contributed by atoms with E-state index in [4.69, 9.17) is 17.3 Å². The summed E-state index contributed by atoms with van der Waals surface area (Å²) in [7, 11) is 0. The van der Waals surface area contributed by atoms with E-state index in [9.17, 15) is 0 Å². The van der Waals surface area contributed by atoms with Crippen molar-refractivity contribution in [3.8, 4) is 0 Å². The minimum absolute atomic E-state index is 0.551. The molecule has 0 unspecified atom stereocenters. The van der Waals surface area contributed by atoms with Gasteiger partial charge in [-0.2, -0.15) is 0 Å². The number of hydrogen-bond acceptors (Lipinski definition) is 3. The summed E-state index contributed by atoms with van der Waals surface area (Å²) >= 11 is 6.34. The first-order chi connectivity index (χ1) is 8.78. The van der Waals surface area contributed by atoms with E-state index in [2.05, 4.69) is 21.9 Å². The lowest BCUT2D eigenvalue weighted by Crippen LogP contribution is -2.47. The van der Waals surface area contributed by atoms with Crippen LogP contribution >= 0.6 is 11.6 Å². The maximum atomic E-state index is 6.34. The van der Waals surface area contributed by atoms with Crippen LogP contribution in [0.2, 0.25) is 5.02 Å². The zero-order valence-corrected chi connectivity index (χ0v) is 11.4. The predicted molar refractivity (Wildman–Crippen MR) is 76.2 cm³/mol. The molecule has 3 nitrogen and oxygen atoms in total. The lowest BCUT2D eigenvalue weighted by molar-refractivity contribution is 0.248. The topological polar surface area (TPSA) is 32.5 Å². The lowest BCUT2D eigenvalue weighted by atomic mass is 10.1. The molecule has 1 saturated carbocycles. The molecule has 0 amide bonds. The molecule has 0 atom stereocenters. The Kier molecular flexibility index (Phi) is 3.46. The maximum Gasteiger partial charge on any atom is 0.0642 e. The van der Waals surface area contributed by atoms with Gasteiger partial charge in [0.15, 0.2) is 0 Å². The summed E-state index contributed by atoms with van der Waals surface area (Å²) in [5, 5.41) is 0.831.